The maximum atomic E-state index is 12.1. The van der Waals surface area contributed by atoms with Crippen LogP contribution in [0.2, 0.25) is 0 Å². The van der Waals surface area contributed by atoms with Gasteiger partial charge in [0.05, 0.1) is 17.8 Å². The number of aromatic nitrogens is 2. The molecule has 8 heteroatoms. The molecule has 3 aromatic rings. The third kappa shape index (κ3) is 11.6. The Morgan fingerprint density at radius 3 is 2.55 bits per heavy atom. The number of amides is 2. The Morgan fingerprint density at radius 2 is 1.93 bits per heavy atom. The summed E-state index contributed by atoms with van der Waals surface area (Å²) in [6.07, 6.45) is 9.64. The minimum absolute atomic E-state index is 0.0983. The smallest absolute Gasteiger partial charge is 0.253 e. The highest BCUT2D eigenvalue weighted by Crippen LogP contribution is 2.41. The lowest BCUT2D eigenvalue weighted by Crippen LogP contribution is -2.32. The van der Waals surface area contributed by atoms with Crippen molar-refractivity contribution in [1.82, 2.24) is 14.9 Å². The number of thiazole rings is 1. The van der Waals surface area contributed by atoms with Gasteiger partial charge < -0.3 is 19.9 Å². The molecule has 2 amide bonds. The van der Waals surface area contributed by atoms with Gasteiger partial charge in [-0.2, -0.15) is 0 Å². The zero-order valence-electron chi connectivity index (χ0n) is 25.4. The molecule has 0 spiro atoms. The van der Waals surface area contributed by atoms with E-state index in [0.29, 0.717) is 16.6 Å². The summed E-state index contributed by atoms with van der Waals surface area (Å²) in [7, 11) is 1.84. The van der Waals surface area contributed by atoms with Crippen molar-refractivity contribution in [2.75, 3.05) is 25.1 Å². The van der Waals surface area contributed by atoms with Gasteiger partial charge in [-0.3, -0.25) is 9.59 Å². The summed E-state index contributed by atoms with van der Waals surface area (Å²) in [5.41, 5.74) is 5.06. The van der Waals surface area contributed by atoms with E-state index in [0.717, 1.165) is 36.8 Å². The van der Waals surface area contributed by atoms with E-state index >= 15 is 0 Å². The highest BCUT2D eigenvalue weighted by atomic mass is 32.1. The second-order valence-corrected chi connectivity index (χ2v) is 11.0. The third-order valence-corrected chi connectivity index (χ3v) is 7.26. The number of nitrogens with zero attached hydrogens (tertiary/aromatic N) is 2. The molecule has 1 unspecified atom stereocenters. The molecule has 1 aliphatic rings. The number of carbonyl (C=O) groups excluding carboxylic acids is 2. The van der Waals surface area contributed by atoms with Gasteiger partial charge in [-0.15, -0.1) is 11.3 Å². The Kier molecular flexibility index (Phi) is 14.7. The monoisotopic (exact) mass is 568 g/mol. The molecule has 40 heavy (non-hydrogen) atoms. The van der Waals surface area contributed by atoms with Crippen molar-refractivity contribution in [3.05, 3.63) is 58.7 Å². The van der Waals surface area contributed by atoms with E-state index in [4.69, 9.17) is 4.74 Å². The molecule has 2 N–H and O–H groups in total. The molecule has 0 saturated heterocycles. The Hall–Kier alpha value is -2.97. The first-order valence-corrected chi connectivity index (χ1v) is 15.5. The van der Waals surface area contributed by atoms with Crippen LogP contribution in [0.3, 0.4) is 0 Å². The van der Waals surface area contributed by atoms with Crippen LogP contribution in [0.25, 0.3) is 11.3 Å². The van der Waals surface area contributed by atoms with Crippen molar-refractivity contribution in [3.63, 3.8) is 0 Å². The lowest BCUT2D eigenvalue weighted by Gasteiger charge is -2.07. The molecule has 220 valence electrons. The topological polar surface area (TPSA) is 85.3 Å². The SMILES string of the molecule is CC.CCCOCCC(C)CC.Cc1cc(-c2csc(NC(=O)CNC(=O)c3ccn(C)c3)n2)cc(C2CC2)c1. The number of carbonyl (C=O) groups is 2. The first-order chi connectivity index (χ1) is 19.3. The number of benzene rings is 1. The predicted molar refractivity (Wildman–Crippen MR) is 167 cm³/mol. The molecule has 4 rings (SSSR count). The van der Waals surface area contributed by atoms with Crippen LogP contribution in [0.5, 0.6) is 0 Å². The molecular formula is C32H48N4O3S. The van der Waals surface area contributed by atoms with Crippen molar-refractivity contribution in [3.8, 4) is 11.3 Å². The average molecular weight is 569 g/mol. The van der Waals surface area contributed by atoms with Gasteiger partial charge in [0, 0.05) is 43.6 Å². The van der Waals surface area contributed by atoms with Gasteiger partial charge in [0.2, 0.25) is 5.91 Å². The molecule has 0 aliphatic heterocycles. The Bertz CT molecular complexity index is 1180. The van der Waals surface area contributed by atoms with Gasteiger partial charge in [-0.25, -0.2) is 4.98 Å². The molecule has 1 fully saturated rings. The van der Waals surface area contributed by atoms with Gasteiger partial charge in [-0.05, 0) is 68.2 Å². The van der Waals surface area contributed by atoms with E-state index in [-0.39, 0.29) is 18.4 Å². The zero-order chi connectivity index (χ0) is 29.5. The van der Waals surface area contributed by atoms with Crippen molar-refractivity contribution in [1.29, 1.82) is 0 Å². The minimum atomic E-state index is -0.298. The van der Waals surface area contributed by atoms with Crippen molar-refractivity contribution in [2.45, 2.75) is 79.6 Å². The van der Waals surface area contributed by atoms with Gasteiger partial charge >= 0.3 is 0 Å². The van der Waals surface area contributed by atoms with E-state index in [2.05, 4.69) is 61.5 Å². The number of nitrogens with one attached hydrogen (secondary N) is 2. The molecule has 1 saturated carbocycles. The predicted octanol–water partition coefficient (Wildman–Crippen LogP) is 7.58. The van der Waals surface area contributed by atoms with Crippen LogP contribution in [0.1, 0.15) is 94.1 Å². The van der Waals surface area contributed by atoms with Crippen LogP contribution in [0.4, 0.5) is 5.13 Å². The fourth-order valence-corrected chi connectivity index (χ4v) is 4.61. The van der Waals surface area contributed by atoms with E-state index in [1.54, 1.807) is 23.0 Å². The van der Waals surface area contributed by atoms with Crippen LogP contribution in [0.15, 0.2) is 42.0 Å². The van der Waals surface area contributed by atoms with E-state index in [9.17, 15) is 9.59 Å². The Balaban J connectivity index is 0.000000398. The lowest BCUT2D eigenvalue weighted by atomic mass is 10.0. The highest BCUT2D eigenvalue weighted by molar-refractivity contribution is 7.14. The Labute approximate surface area is 244 Å². The second-order valence-electron chi connectivity index (χ2n) is 10.2. The second kappa shape index (κ2) is 17.7. The number of anilines is 1. The molecule has 0 bridgehead atoms. The average Bonchev–Trinajstić information content (AvgIpc) is 3.56. The molecular weight excluding hydrogens is 520 g/mol. The summed E-state index contributed by atoms with van der Waals surface area (Å²) in [5.74, 6) is 0.942. The first-order valence-electron chi connectivity index (χ1n) is 14.6. The Morgan fingerprint density at radius 1 is 1.18 bits per heavy atom. The molecule has 7 nitrogen and oxygen atoms in total. The zero-order valence-corrected chi connectivity index (χ0v) is 26.2. The molecule has 0 radical (unpaired) electrons. The standard InChI is InChI=1S/C21H22N4O2S.C9H20O.C2H6/c1-13-7-16(14-3-4-14)9-17(8-13)18-12-28-21(23-18)24-19(26)10-22-20(27)15-5-6-25(2)11-15;1-4-7-10-8-6-9(3)5-2;1-2/h5-9,11-12,14H,3-4,10H2,1-2H3,(H,22,27)(H,23,24,26);9H,4-8H2,1-3H3;1-2H3. The summed E-state index contributed by atoms with van der Waals surface area (Å²) in [6, 6.07) is 8.27. The molecule has 1 aliphatic carbocycles. The van der Waals surface area contributed by atoms with Gasteiger partial charge in [0.1, 0.15) is 0 Å². The maximum absolute atomic E-state index is 12.1. The molecule has 1 aromatic carbocycles. The van der Waals surface area contributed by atoms with E-state index in [1.165, 1.54) is 48.1 Å². The first kappa shape index (κ1) is 33.2. The van der Waals surface area contributed by atoms with Crippen LogP contribution >= 0.6 is 11.3 Å². The number of hydrogen-bond donors (Lipinski definition) is 2. The molecule has 2 heterocycles. The number of hydrogen-bond acceptors (Lipinski definition) is 5. The maximum Gasteiger partial charge on any atom is 0.253 e. The van der Waals surface area contributed by atoms with Crippen LogP contribution in [-0.4, -0.2) is 41.1 Å². The number of ether oxygens (including phenoxy) is 1. The summed E-state index contributed by atoms with van der Waals surface area (Å²) in [4.78, 5) is 28.7. The largest absolute Gasteiger partial charge is 0.381 e. The summed E-state index contributed by atoms with van der Waals surface area (Å²) >= 11 is 1.38. The summed E-state index contributed by atoms with van der Waals surface area (Å²) < 4.78 is 7.14. The quantitative estimate of drug-likeness (QED) is 0.221. The fourth-order valence-electron chi connectivity index (χ4n) is 3.88. The number of aryl methyl sites for hydroxylation is 2. The van der Waals surface area contributed by atoms with Gasteiger partial charge in [0.15, 0.2) is 5.13 Å². The van der Waals surface area contributed by atoms with Crippen LogP contribution < -0.4 is 10.6 Å². The normalized spacial score (nSPS) is 12.9. The third-order valence-electron chi connectivity index (χ3n) is 6.50. The van der Waals surface area contributed by atoms with Crippen LogP contribution in [-0.2, 0) is 16.6 Å². The molecule has 2 aromatic heterocycles. The van der Waals surface area contributed by atoms with Gasteiger partial charge in [-0.1, -0.05) is 52.7 Å². The van der Waals surface area contributed by atoms with Gasteiger partial charge in [0.25, 0.3) is 5.91 Å². The fraction of sp³-hybridized carbons (Fsp3) is 0.531. The summed E-state index contributed by atoms with van der Waals surface area (Å²) in [6.45, 7) is 14.5. The molecule has 1 atom stereocenters. The lowest BCUT2D eigenvalue weighted by molar-refractivity contribution is -0.115. The minimum Gasteiger partial charge on any atom is -0.381 e. The van der Waals surface area contributed by atoms with Crippen molar-refractivity contribution in [2.24, 2.45) is 13.0 Å². The van der Waals surface area contributed by atoms with Crippen LogP contribution in [0, 0.1) is 12.8 Å². The van der Waals surface area contributed by atoms with E-state index < -0.39 is 0 Å². The van der Waals surface area contributed by atoms with Crippen molar-refractivity contribution >= 4 is 28.3 Å². The highest BCUT2D eigenvalue weighted by Gasteiger charge is 2.24. The van der Waals surface area contributed by atoms with Crippen molar-refractivity contribution < 1.29 is 14.3 Å². The summed E-state index contributed by atoms with van der Waals surface area (Å²) in [5, 5.41) is 7.85. The number of rotatable bonds is 12. The van der Waals surface area contributed by atoms with E-state index in [1.807, 2.05) is 26.3 Å².